The molecule has 0 saturated carbocycles. The van der Waals surface area contributed by atoms with Crippen LogP contribution in [0.4, 0.5) is 0 Å². The van der Waals surface area contributed by atoms with Gasteiger partial charge < -0.3 is 4.74 Å². The first-order valence-electron chi connectivity index (χ1n) is 5.34. The fourth-order valence-corrected chi connectivity index (χ4v) is 2.79. The highest BCUT2D eigenvalue weighted by Crippen LogP contribution is 2.30. The Balaban J connectivity index is 2.28. The van der Waals surface area contributed by atoms with Gasteiger partial charge in [-0.05, 0) is 23.1 Å². The highest BCUT2D eigenvalue weighted by Gasteiger charge is 2.22. The van der Waals surface area contributed by atoms with Crippen molar-refractivity contribution in [1.82, 2.24) is 5.43 Å². The molecule has 1 amide bonds. The summed E-state index contributed by atoms with van der Waals surface area (Å²) >= 11 is 1.66. The van der Waals surface area contributed by atoms with Gasteiger partial charge in [0.15, 0.2) is 5.76 Å². The summed E-state index contributed by atoms with van der Waals surface area (Å²) < 4.78 is 6.31. The van der Waals surface area contributed by atoms with Gasteiger partial charge in [-0.2, -0.15) is 5.10 Å². The van der Waals surface area contributed by atoms with Crippen LogP contribution < -0.4 is 5.43 Å². The molecule has 1 aromatic heterocycles. The summed E-state index contributed by atoms with van der Waals surface area (Å²) in [6, 6.07) is 7.98. The van der Waals surface area contributed by atoms with Crippen molar-refractivity contribution < 1.29 is 9.53 Å². The fraction of sp³-hybridized carbons (Fsp3) is 0.0769. The lowest BCUT2D eigenvalue weighted by atomic mass is 10.0. The van der Waals surface area contributed by atoms with E-state index in [2.05, 4.69) is 10.5 Å². The number of rotatable bonds is 2. The van der Waals surface area contributed by atoms with E-state index in [1.807, 2.05) is 29.6 Å². The minimum Gasteiger partial charge on any atom is -0.491 e. The molecule has 1 aliphatic rings. The van der Waals surface area contributed by atoms with E-state index in [4.69, 9.17) is 4.74 Å². The van der Waals surface area contributed by atoms with Gasteiger partial charge in [0.2, 0.25) is 0 Å². The number of methoxy groups -OCH3 is 1. The van der Waals surface area contributed by atoms with Gasteiger partial charge in [0, 0.05) is 10.1 Å². The summed E-state index contributed by atoms with van der Waals surface area (Å²) in [5, 5.41) is 6.83. The standard InChI is InChI=1S/C13H9N2O2S/c1-17-12-10(7-14-15-13(12)16)8-3-2-4-11-9(8)5-6-18-11/h2-7H,1H3. The molecule has 0 spiro atoms. The first kappa shape index (κ1) is 11.0. The van der Waals surface area contributed by atoms with Gasteiger partial charge in [-0.1, -0.05) is 12.1 Å². The van der Waals surface area contributed by atoms with Gasteiger partial charge in [0.05, 0.1) is 18.9 Å². The number of fused-ring (bicyclic) bond motifs is 1. The average Bonchev–Trinajstić information content (AvgIpc) is 2.86. The van der Waals surface area contributed by atoms with E-state index in [0.717, 1.165) is 10.9 Å². The Hall–Kier alpha value is -2.14. The number of allylic oxidation sites excluding steroid dienone is 1. The average molecular weight is 257 g/mol. The second-order valence-corrected chi connectivity index (χ2v) is 4.68. The number of carbonyl (C=O) groups excluding carboxylic acids is 1. The Kier molecular flexibility index (Phi) is 2.60. The van der Waals surface area contributed by atoms with Gasteiger partial charge >= 0.3 is 5.91 Å². The third-order valence-electron chi connectivity index (χ3n) is 2.76. The number of ether oxygens (including phenoxy) is 1. The molecule has 0 bridgehead atoms. The van der Waals surface area contributed by atoms with Crippen LogP contribution in [-0.4, -0.2) is 19.2 Å². The third kappa shape index (κ3) is 1.60. The topological polar surface area (TPSA) is 52.8 Å². The summed E-state index contributed by atoms with van der Waals surface area (Å²) in [6.45, 7) is 0. The van der Waals surface area contributed by atoms with Gasteiger partial charge in [-0.15, -0.1) is 16.8 Å². The Morgan fingerprint density at radius 2 is 2.17 bits per heavy atom. The smallest absolute Gasteiger partial charge is 0.331 e. The van der Waals surface area contributed by atoms with Crippen molar-refractivity contribution in [3.05, 3.63) is 41.0 Å². The van der Waals surface area contributed by atoms with Crippen LogP contribution >= 0.6 is 11.3 Å². The van der Waals surface area contributed by atoms with Gasteiger partial charge in [-0.25, -0.2) is 0 Å². The molecule has 0 unspecified atom stereocenters. The molecule has 4 nitrogen and oxygen atoms in total. The largest absolute Gasteiger partial charge is 0.491 e. The van der Waals surface area contributed by atoms with Crippen molar-refractivity contribution in [2.45, 2.75) is 0 Å². The van der Waals surface area contributed by atoms with Crippen molar-refractivity contribution in [2.24, 2.45) is 5.10 Å². The molecule has 0 fully saturated rings. The van der Waals surface area contributed by atoms with Crippen LogP contribution in [0.2, 0.25) is 0 Å². The van der Waals surface area contributed by atoms with E-state index in [9.17, 15) is 4.79 Å². The lowest BCUT2D eigenvalue weighted by Crippen LogP contribution is -2.20. The molecule has 5 heteroatoms. The molecule has 18 heavy (non-hydrogen) atoms. The maximum atomic E-state index is 11.6. The van der Waals surface area contributed by atoms with Gasteiger partial charge in [0.1, 0.15) is 0 Å². The Labute approximate surface area is 108 Å². The number of nitrogens with zero attached hydrogens (tertiary/aromatic N) is 2. The number of thiophene rings is 1. The molecule has 2 heterocycles. The van der Waals surface area contributed by atoms with Crippen molar-refractivity contribution in [1.29, 1.82) is 0 Å². The minimum absolute atomic E-state index is 0.240. The molecule has 1 aromatic carbocycles. The second kappa shape index (κ2) is 4.27. The summed E-state index contributed by atoms with van der Waals surface area (Å²) in [5.74, 6) is -0.203. The monoisotopic (exact) mass is 257 g/mol. The highest BCUT2D eigenvalue weighted by molar-refractivity contribution is 7.17. The van der Waals surface area contributed by atoms with E-state index in [1.165, 1.54) is 11.8 Å². The number of carbonyl (C=O) groups is 1. The molecule has 0 atom stereocenters. The van der Waals surface area contributed by atoms with E-state index in [0.29, 0.717) is 5.57 Å². The quantitative estimate of drug-likeness (QED) is 0.829. The Bertz CT molecular complexity index is 685. The Morgan fingerprint density at radius 3 is 3.00 bits per heavy atom. The number of amides is 1. The zero-order valence-electron chi connectivity index (χ0n) is 9.58. The fourth-order valence-electron chi connectivity index (χ4n) is 1.98. The van der Waals surface area contributed by atoms with Crippen molar-refractivity contribution >= 4 is 39.1 Å². The summed E-state index contributed by atoms with van der Waals surface area (Å²) in [4.78, 5) is 11.6. The normalized spacial score (nSPS) is 15.1. The van der Waals surface area contributed by atoms with Gasteiger partial charge in [-0.3, -0.25) is 4.79 Å². The van der Waals surface area contributed by atoms with E-state index < -0.39 is 5.91 Å². The van der Waals surface area contributed by atoms with Crippen LogP contribution in [0.1, 0.15) is 5.56 Å². The molecular weight excluding hydrogens is 248 g/mol. The van der Waals surface area contributed by atoms with Gasteiger partial charge in [0.25, 0.3) is 0 Å². The number of benzene rings is 1. The molecule has 0 aliphatic carbocycles. The third-order valence-corrected chi connectivity index (χ3v) is 3.65. The van der Waals surface area contributed by atoms with Crippen LogP contribution in [0, 0.1) is 0 Å². The van der Waals surface area contributed by atoms with Crippen LogP contribution in [-0.2, 0) is 9.53 Å². The highest BCUT2D eigenvalue weighted by atomic mass is 32.1. The van der Waals surface area contributed by atoms with Crippen LogP contribution in [0.25, 0.3) is 15.7 Å². The first-order valence-corrected chi connectivity index (χ1v) is 6.22. The van der Waals surface area contributed by atoms with Crippen molar-refractivity contribution in [2.75, 3.05) is 7.11 Å². The maximum Gasteiger partial charge on any atom is 0.331 e. The molecule has 1 aliphatic heterocycles. The maximum absolute atomic E-state index is 11.6. The molecule has 2 aromatic rings. The van der Waals surface area contributed by atoms with Crippen molar-refractivity contribution in [3.63, 3.8) is 0 Å². The number of hydrogen-bond donors (Lipinski definition) is 0. The minimum atomic E-state index is -0.442. The zero-order valence-corrected chi connectivity index (χ0v) is 10.4. The Morgan fingerprint density at radius 1 is 1.28 bits per heavy atom. The van der Waals surface area contributed by atoms with Crippen LogP contribution in [0.5, 0.6) is 0 Å². The number of hydrogen-bond acceptors (Lipinski definition) is 4. The molecule has 0 saturated heterocycles. The predicted octanol–water partition coefficient (Wildman–Crippen LogP) is 2.39. The lowest BCUT2D eigenvalue weighted by molar-refractivity contribution is -0.120. The van der Waals surface area contributed by atoms with Crippen molar-refractivity contribution in [3.8, 4) is 0 Å². The summed E-state index contributed by atoms with van der Waals surface area (Å²) in [6.07, 6.45) is 1.56. The molecule has 0 N–H and O–H groups in total. The molecular formula is C13H9N2O2S. The SMILES string of the molecule is COC1=C(c2cccc3sccc23)C=N[N]C1=O. The lowest BCUT2D eigenvalue weighted by Gasteiger charge is -2.13. The molecule has 89 valence electrons. The van der Waals surface area contributed by atoms with Crippen LogP contribution in [0.15, 0.2) is 40.5 Å². The van der Waals surface area contributed by atoms with Crippen LogP contribution in [0.3, 0.4) is 0 Å². The molecule has 1 radical (unpaired) electrons. The first-order chi connectivity index (χ1) is 8.81. The zero-order chi connectivity index (χ0) is 12.5. The second-order valence-electron chi connectivity index (χ2n) is 3.73. The molecule has 3 rings (SSSR count). The van der Waals surface area contributed by atoms with E-state index >= 15 is 0 Å². The van der Waals surface area contributed by atoms with E-state index in [-0.39, 0.29) is 5.76 Å². The summed E-state index contributed by atoms with van der Waals surface area (Å²) in [5.41, 5.74) is 5.10. The summed E-state index contributed by atoms with van der Waals surface area (Å²) in [7, 11) is 1.47. The predicted molar refractivity (Wildman–Crippen MR) is 71.4 cm³/mol. The van der Waals surface area contributed by atoms with E-state index in [1.54, 1.807) is 17.6 Å².